The maximum atomic E-state index is 12.8. The molecule has 0 spiro atoms. The maximum absolute atomic E-state index is 12.8. The third kappa shape index (κ3) is 6.36. The molecule has 2 atom stereocenters. The standard InChI is InChI=1S/C21H26ClN3O.2ClH/c1-16(20(23)18-5-3-2-4-6-18)21(26)25-13-11-24(12-14-25)15-17-7-9-19(22)10-8-17;;/h2-10,16,20H,11-15,23H2,1H3;2*1H. The van der Waals surface area contributed by atoms with Crippen molar-refractivity contribution in [2.24, 2.45) is 11.7 Å². The number of hydrogen-bond donors (Lipinski definition) is 1. The van der Waals surface area contributed by atoms with Crippen LogP contribution < -0.4 is 5.73 Å². The van der Waals surface area contributed by atoms with Gasteiger partial charge in [-0.2, -0.15) is 0 Å². The van der Waals surface area contributed by atoms with E-state index in [2.05, 4.69) is 17.0 Å². The van der Waals surface area contributed by atoms with Crippen molar-refractivity contribution in [3.05, 3.63) is 70.7 Å². The number of nitrogens with two attached hydrogens (primary N) is 1. The fraction of sp³-hybridized carbons (Fsp3) is 0.381. The van der Waals surface area contributed by atoms with Crippen molar-refractivity contribution in [3.8, 4) is 0 Å². The summed E-state index contributed by atoms with van der Waals surface area (Å²) >= 11 is 5.94. The minimum Gasteiger partial charge on any atom is -0.340 e. The van der Waals surface area contributed by atoms with Gasteiger partial charge in [-0.3, -0.25) is 9.69 Å². The monoisotopic (exact) mass is 443 g/mol. The fourth-order valence-corrected chi connectivity index (χ4v) is 3.51. The summed E-state index contributed by atoms with van der Waals surface area (Å²) in [6, 6.07) is 17.5. The highest BCUT2D eigenvalue weighted by molar-refractivity contribution is 6.30. The molecule has 0 bridgehead atoms. The first-order valence-electron chi connectivity index (χ1n) is 9.10. The summed E-state index contributed by atoms with van der Waals surface area (Å²) in [4.78, 5) is 17.1. The summed E-state index contributed by atoms with van der Waals surface area (Å²) in [6.07, 6.45) is 0. The van der Waals surface area contributed by atoms with Gasteiger partial charge in [0.2, 0.25) is 5.91 Å². The van der Waals surface area contributed by atoms with Crippen molar-refractivity contribution < 1.29 is 4.79 Å². The highest BCUT2D eigenvalue weighted by atomic mass is 35.5. The van der Waals surface area contributed by atoms with Crippen LogP contribution in [0, 0.1) is 5.92 Å². The van der Waals surface area contributed by atoms with E-state index in [9.17, 15) is 4.79 Å². The van der Waals surface area contributed by atoms with E-state index in [4.69, 9.17) is 17.3 Å². The summed E-state index contributed by atoms with van der Waals surface area (Å²) in [5, 5.41) is 0.757. The number of hydrogen-bond acceptors (Lipinski definition) is 3. The molecule has 2 N–H and O–H groups in total. The average molecular weight is 445 g/mol. The molecule has 4 nitrogen and oxygen atoms in total. The van der Waals surface area contributed by atoms with Crippen molar-refractivity contribution in [3.63, 3.8) is 0 Å². The number of benzene rings is 2. The molecule has 1 fully saturated rings. The lowest BCUT2D eigenvalue weighted by molar-refractivity contribution is -0.137. The molecule has 3 rings (SSSR count). The van der Waals surface area contributed by atoms with Crippen molar-refractivity contribution in [1.82, 2.24) is 9.80 Å². The lowest BCUT2D eigenvalue weighted by Crippen LogP contribution is -2.50. The number of amides is 1. The van der Waals surface area contributed by atoms with Gasteiger partial charge in [-0.1, -0.05) is 61.0 Å². The molecule has 0 aromatic heterocycles. The molecule has 1 heterocycles. The lowest BCUT2D eigenvalue weighted by Gasteiger charge is -2.37. The Hall–Kier alpha value is -1.30. The molecule has 0 aliphatic carbocycles. The van der Waals surface area contributed by atoms with E-state index in [1.807, 2.05) is 54.3 Å². The molecule has 28 heavy (non-hydrogen) atoms. The van der Waals surface area contributed by atoms with E-state index in [0.29, 0.717) is 0 Å². The van der Waals surface area contributed by atoms with Crippen molar-refractivity contribution in [1.29, 1.82) is 0 Å². The molecule has 1 aliphatic rings. The van der Waals surface area contributed by atoms with E-state index in [0.717, 1.165) is 43.3 Å². The Morgan fingerprint density at radius 2 is 1.57 bits per heavy atom. The number of piperazine rings is 1. The van der Waals surface area contributed by atoms with E-state index < -0.39 is 0 Å². The first kappa shape index (κ1) is 24.7. The molecule has 7 heteroatoms. The number of halogens is 3. The van der Waals surface area contributed by atoms with E-state index in [1.54, 1.807) is 0 Å². The quantitative estimate of drug-likeness (QED) is 0.753. The van der Waals surface area contributed by atoms with Crippen LogP contribution >= 0.6 is 36.4 Å². The topological polar surface area (TPSA) is 49.6 Å². The summed E-state index contributed by atoms with van der Waals surface area (Å²) < 4.78 is 0. The van der Waals surface area contributed by atoms with Gasteiger partial charge in [-0.15, -0.1) is 24.8 Å². The molecule has 154 valence electrons. The molecule has 1 amide bonds. The van der Waals surface area contributed by atoms with Gasteiger partial charge in [0.1, 0.15) is 0 Å². The Balaban J connectivity index is 0.00000196. The number of carbonyl (C=O) groups is 1. The highest BCUT2D eigenvalue weighted by Gasteiger charge is 2.29. The lowest BCUT2D eigenvalue weighted by atomic mass is 9.94. The van der Waals surface area contributed by atoms with Gasteiger partial charge in [0.15, 0.2) is 0 Å². The Bertz CT molecular complexity index is 719. The van der Waals surface area contributed by atoms with Crippen LogP contribution in [0.4, 0.5) is 0 Å². The van der Waals surface area contributed by atoms with Gasteiger partial charge < -0.3 is 10.6 Å². The second-order valence-electron chi connectivity index (χ2n) is 6.95. The van der Waals surface area contributed by atoms with Crippen LogP contribution in [0.5, 0.6) is 0 Å². The number of nitrogens with zero attached hydrogens (tertiary/aromatic N) is 2. The van der Waals surface area contributed by atoms with Gasteiger partial charge in [0.25, 0.3) is 0 Å². The van der Waals surface area contributed by atoms with Gasteiger partial charge in [0, 0.05) is 43.8 Å². The van der Waals surface area contributed by atoms with Crippen LogP contribution in [0.25, 0.3) is 0 Å². The Morgan fingerprint density at radius 1 is 1.00 bits per heavy atom. The second-order valence-corrected chi connectivity index (χ2v) is 7.39. The smallest absolute Gasteiger partial charge is 0.227 e. The van der Waals surface area contributed by atoms with Crippen molar-refractivity contribution in [2.75, 3.05) is 26.2 Å². The third-order valence-electron chi connectivity index (χ3n) is 5.12. The van der Waals surface area contributed by atoms with Crippen LogP contribution in [0.2, 0.25) is 5.02 Å². The molecular weight excluding hydrogens is 417 g/mol. The van der Waals surface area contributed by atoms with Crippen LogP contribution in [0.1, 0.15) is 24.1 Å². The van der Waals surface area contributed by atoms with Crippen molar-refractivity contribution in [2.45, 2.75) is 19.5 Å². The van der Waals surface area contributed by atoms with Gasteiger partial charge >= 0.3 is 0 Å². The molecule has 2 aromatic carbocycles. The summed E-state index contributed by atoms with van der Waals surface area (Å²) in [6.45, 7) is 6.07. The van der Waals surface area contributed by atoms with Gasteiger partial charge in [0.05, 0.1) is 5.92 Å². The molecular formula is C21H28Cl3N3O. The second kappa shape index (κ2) is 11.6. The van der Waals surface area contributed by atoms with Crippen LogP contribution in [-0.4, -0.2) is 41.9 Å². The molecule has 0 radical (unpaired) electrons. The van der Waals surface area contributed by atoms with E-state index in [1.165, 1.54) is 5.56 Å². The number of rotatable bonds is 5. The molecule has 2 unspecified atom stereocenters. The predicted octanol–water partition coefficient (Wildman–Crippen LogP) is 4.16. The van der Waals surface area contributed by atoms with Gasteiger partial charge in [-0.05, 0) is 23.3 Å². The zero-order valence-corrected chi connectivity index (χ0v) is 18.3. The summed E-state index contributed by atoms with van der Waals surface area (Å²) in [5.74, 6) is -0.0762. The normalized spacial score (nSPS) is 16.5. The SMILES string of the molecule is CC(C(=O)N1CCN(Cc2ccc(Cl)cc2)CC1)C(N)c1ccccc1.Cl.Cl. The number of carbonyl (C=O) groups excluding carboxylic acids is 1. The third-order valence-corrected chi connectivity index (χ3v) is 5.37. The molecule has 2 aromatic rings. The van der Waals surface area contributed by atoms with Crippen molar-refractivity contribution >= 4 is 42.3 Å². The molecule has 1 saturated heterocycles. The van der Waals surface area contributed by atoms with Crippen LogP contribution in [0.3, 0.4) is 0 Å². The molecule has 0 saturated carbocycles. The zero-order chi connectivity index (χ0) is 18.5. The highest BCUT2D eigenvalue weighted by Crippen LogP contribution is 2.22. The maximum Gasteiger partial charge on any atom is 0.227 e. The predicted molar refractivity (Wildman–Crippen MR) is 120 cm³/mol. The first-order valence-corrected chi connectivity index (χ1v) is 9.48. The minimum atomic E-state index is -0.268. The molecule has 1 aliphatic heterocycles. The Labute approximate surface area is 184 Å². The van der Waals surface area contributed by atoms with Gasteiger partial charge in [-0.25, -0.2) is 0 Å². The Morgan fingerprint density at radius 3 is 2.14 bits per heavy atom. The summed E-state index contributed by atoms with van der Waals surface area (Å²) in [5.41, 5.74) is 8.57. The average Bonchev–Trinajstić information content (AvgIpc) is 2.69. The van der Waals surface area contributed by atoms with Crippen LogP contribution in [-0.2, 0) is 11.3 Å². The van der Waals surface area contributed by atoms with E-state index >= 15 is 0 Å². The minimum absolute atomic E-state index is 0. The fourth-order valence-electron chi connectivity index (χ4n) is 3.38. The first-order chi connectivity index (χ1) is 12.5. The van der Waals surface area contributed by atoms with E-state index in [-0.39, 0.29) is 42.7 Å². The Kier molecular flexibility index (Phi) is 10.3. The van der Waals surface area contributed by atoms with Crippen LogP contribution in [0.15, 0.2) is 54.6 Å². The largest absolute Gasteiger partial charge is 0.340 e. The summed E-state index contributed by atoms with van der Waals surface area (Å²) in [7, 11) is 0. The zero-order valence-electron chi connectivity index (χ0n) is 16.0.